The van der Waals surface area contributed by atoms with Crippen molar-refractivity contribution < 1.29 is 14.6 Å². The Balaban J connectivity index is 2.64. The Morgan fingerprint density at radius 2 is 1.89 bits per heavy atom. The Hall–Kier alpha value is -1.36. The number of rotatable bonds is 4. The van der Waals surface area contributed by atoms with Crippen molar-refractivity contribution in [2.24, 2.45) is 5.92 Å². The van der Waals surface area contributed by atoms with Crippen LogP contribution in [0.1, 0.15) is 46.3 Å². The predicted octanol–water partition coefficient (Wildman–Crippen LogP) is 1.51. The van der Waals surface area contributed by atoms with Gasteiger partial charge in [-0.05, 0) is 32.8 Å². The summed E-state index contributed by atoms with van der Waals surface area (Å²) in [5.41, 5.74) is -0.380. The second kappa shape index (κ2) is 5.10. The highest BCUT2D eigenvalue weighted by atomic mass is 16.6. The molecule has 0 spiro atoms. The first-order valence-corrected chi connectivity index (χ1v) is 6.05. The van der Waals surface area contributed by atoms with Crippen LogP contribution >= 0.6 is 0 Å². The molecule has 1 aromatic rings. The standard InChI is InChI=1S/C13H21NO4/c1-7(2)10(11(16)8-6-9(8)15)14-12(17)18-13(3,4)5/h6-7,10-11,16H,1-5H3,(H,14,17)/t10-,11?/m0/s1. The van der Waals surface area contributed by atoms with Crippen LogP contribution in [0.4, 0.5) is 4.79 Å². The van der Waals surface area contributed by atoms with E-state index in [1.165, 1.54) is 6.07 Å². The van der Waals surface area contributed by atoms with Crippen LogP contribution in [-0.4, -0.2) is 22.8 Å². The van der Waals surface area contributed by atoms with Gasteiger partial charge in [-0.25, -0.2) is 4.79 Å². The van der Waals surface area contributed by atoms with Gasteiger partial charge < -0.3 is 15.2 Å². The van der Waals surface area contributed by atoms with Gasteiger partial charge in [0.05, 0.1) is 6.04 Å². The van der Waals surface area contributed by atoms with E-state index in [1.807, 2.05) is 13.8 Å². The Morgan fingerprint density at radius 3 is 2.22 bits per heavy atom. The normalized spacial score (nSPS) is 15.7. The molecule has 5 nitrogen and oxygen atoms in total. The molecule has 0 aliphatic carbocycles. The summed E-state index contributed by atoms with van der Waals surface area (Å²) in [5, 5.41) is 12.6. The third-order valence-electron chi connectivity index (χ3n) is 2.55. The largest absolute Gasteiger partial charge is 0.444 e. The van der Waals surface area contributed by atoms with Crippen molar-refractivity contribution in [3.05, 3.63) is 21.9 Å². The Morgan fingerprint density at radius 1 is 1.39 bits per heavy atom. The number of carbonyl (C=O) groups excluding carboxylic acids is 1. The molecular weight excluding hydrogens is 234 g/mol. The van der Waals surface area contributed by atoms with E-state index in [0.717, 1.165) is 0 Å². The number of hydrogen-bond acceptors (Lipinski definition) is 4. The molecular formula is C13H21NO4. The molecule has 5 heteroatoms. The molecule has 2 atom stereocenters. The fraction of sp³-hybridized carbons (Fsp3) is 0.692. The third kappa shape index (κ3) is 4.14. The van der Waals surface area contributed by atoms with Crippen LogP contribution in [0.2, 0.25) is 0 Å². The maximum absolute atomic E-state index is 11.7. The molecule has 1 amide bonds. The van der Waals surface area contributed by atoms with Crippen molar-refractivity contribution in [3.8, 4) is 0 Å². The van der Waals surface area contributed by atoms with Crippen molar-refractivity contribution in [2.75, 3.05) is 0 Å². The zero-order valence-corrected chi connectivity index (χ0v) is 11.5. The van der Waals surface area contributed by atoms with Crippen LogP contribution in [0.3, 0.4) is 0 Å². The molecule has 1 aromatic carbocycles. The predicted molar refractivity (Wildman–Crippen MR) is 68.0 cm³/mol. The SMILES string of the molecule is CC(C)[C@H](NC(=O)OC(C)(C)C)C(O)c1cc1=O. The summed E-state index contributed by atoms with van der Waals surface area (Å²) in [5.74, 6) is -0.0122. The lowest BCUT2D eigenvalue weighted by Gasteiger charge is -2.27. The quantitative estimate of drug-likeness (QED) is 0.855. The minimum Gasteiger partial charge on any atom is -0.444 e. The lowest BCUT2D eigenvalue weighted by Crippen LogP contribution is -2.45. The zero-order valence-electron chi connectivity index (χ0n) is 11.5. The van der Waals surface area contributed by atoms with Gasteiger partial charge in [0.1, 0.15) is 11.7 Å². The molecule has 0 aliphatic heterocycles. The van der Waals surface area contributed by atoms with Crippen LogP contribution in [0, 0.1) is 5.92 Å². The van der Waals surface area contributed by atoms with Gasteiger partial charge in [-0.3, -0.25) is 4.79 Å². The summed E-state index contributed by atoms with van der Waals surface area (Å²) in [6.07, 6.45) is -1.56. The number of nitrogens with one attached hydrogen (secondary N) is 1. The molecule has 0 fully saturated rings. The first-order valence-electron chi connectivity index (χ1n) is 6.05. The number of amides is 1. The molecule has 0 bridgehead atoms. The lowest BCUT2D eigenvalue weighted by atomic mass is 9.97. The number of alkyl carbamates (subject to hydrolysis) is 1. The summed E-state index contributed by atoms with van der Waals surface area (Å²) in [6.45, 7) is 9.01. The van der Waals surface area contributed by atoms with Gasteiger partial charge in [-0.15, -0.1) is 0 Å². The van der Waals surface area contributed by atoms with Crippen LogP contribution < -0.4 is 10.7 Å². The van der Waals surface area contributed by atoms with Gasteiger partial charge in [-0.1, -0.05) is 13.8 Å². The maximum Gasteiger partial charge on any atom is 0.407 e. The fourth-order valence-electron chi connectivity index (χ4n) is 1.58. The Bertz CT molecular complexity index is 423. The van der Waals surface area contributed by atoms with Gasteiger partial charge >= 0.3 is 6.09 Å². The van der Waals surface area contributed by atoms with Gasteiger partial charge in [0, 0.05) is 5.56 Å². The molecule has 1 unspecified atom stereocenters. The highest BCUT2D eigenvalue weighted by Gasteiger charge is 2.31. The van der Waals surface area contributed by atoms with Gasteiger partial charge in [0.15, 0.2) is 5.43 Å². The van der Waals surface area contributed by atoms with Crippen molar-refractivity contribution in [3.63, 3.8) is 0 Å². The molecule has 102 valence electrons. The van der Waals surface area contributed by atoms with E-state index in [2.05, 4.69) is 5.32 Å². The second-order valence-electron chi connectivity index (χ2n) is 5.82. The molecule has 2 N–H and O–H groups in total. The van der Waals surface area contributed by atoms with E-state index in [0.29, 0.717) is 5.56 Å². The molecule has 1 rings (SSSR count). The summed E-state index contributed by atoms with van der Waals surface area (Å²) in [7, 11) is 0. The summed E-state index contributed by atoms with van der Waals surface area (Å²) < 4.78 is 5.13. The summed E-state index contributed by atoms with van der Waals surface area (Å²) in [4.78, 5) is 22.6. The van der Waals surface area contributed by atoms with E-state index in [4.69, 9.17) is 4.74 Å². The second-order valence-corrected chi connectivity index (χ2v) is 5.82. The first kappa shape index (κ1) is 14.7. The van der Waals surface area contributed by atoms with Crippen LogP contribution in [0.15, 0.2) is 10.9 Å². The number of aliphatic hydroxyl groups is 1. The molecule has 0 aliphatic rings. The monoisotopic (exact) mass is 255 g/mol. The summed E-state index contributed by atoms with van der Waals surface area (Å²) >= 11 is 0. The fourth-order valence-corrected chi connectivity index (χ4v) is 1.58. The van der Waals surface area contributed by atoms with E-state index in [1.54, 1.807) is 20.8 Å². The van der Waals surface area contributed by atoms with E-state index < -0.39 is 23.8 Å². The minimum atomic E-state index is -0.968. The minimum absolute atomic E-state index is 0.0122. The van der Waals surface area contributed by atoms with Gasteiger partial charge in [0.25, 0.3) is 0 Å². The van der Waals surface area contributed by atoms with Gasteiger partial charge in [-0.2, -0.15) is 0 Å². The maximum atomic E-state index is 11.7. The van der Waals surface area contributed by atoms with E-state index in [9.17, 15) is 14.7 Å². The molecule has 0 aromatic heterocycles. The van der Waals surface area contributed by atoms with Crippen LogP contribution in [-0.2, 0) is 4.74 Å². The highest BCUT2D eigenvalue weighted by Crippen LogP contribution is 2.22. The zero-order chi connectivity index (χ0) is 14.1. The van der Waals surface area contributed by atoms with E-state index >= 15 is 0 Å². The Kier molecular flexibility index (Phi) is 4.16. The number of carbonyl (C=O) groups is 1. The third-order valence-corrected chi connectivity index (χ3v) is 2.55. The van der Waals surface area contributed by atoms with Crippen molar-refractivity contribution >= 4 is 6.09 Å². The molecule has 0 saturated carbocycles. The van der Waals surface area contributed by atoms with E-state index in [-0.39, 0.29) is 11.3 Å². The number of aliphatic hydroxyl groups excluding tert-OH is 1. The highest BCUT2D eigenvalue weighted by molar-refractivity contribution is 5.68. The average molecular weight is 255 g/mol. The molecule has 0 saturated heterocycles. The number of hydrogen-bond donors (Lipinski definition) is 2. The Labute approximate surface area is 107 Å². The van der Waals surface area contributed by atoms with Crippen molar-refractivity contribution in [1.82, 2.24) is 5.32 Å². The molecule has 18 heavy (non-hydrogen) atoms. The number of ether oxygens (including phenoxy) is 1. The topological polar surface area (TPSA) is 75.6 Å². The lowest BCUT2D eigenvalue weighted by molar-refractivity contribution is 0.0377. The van der Waals surface area contributed by atoms with Crippen molar-refractivity contribution in [2.45, 2.75) is 52.4 Å². The van der Waals surface area contributed by atoms with Crippen LogP contribution in [0.5, 0.6) is 0 Å². The average Bonchev–Trinajstić information content (AvgIpc) is 2.87. The van der Waals surface area contributed by atoms with Crippen LogP contribution in [0.25, 0.3) is 0 Å². The van der Waals surface area contributed by atoms with Gasteiger partial charge in [0.2, 0.25) is 0 Å². The molecule has 0 radical (unpaired) electrons. The first-order chi connectivity index (χ1) is 8.11. The summed E-state index contributed by atoms with van der Waals surface area (Å²) in [6, 6.07) is 0.842. The van der Waals surface area contributed by atoms with Crippen molar-refractivity contribution in [1.29, 1.82) is 0 Å². The molecule has 0 heterocycles. The smallest absolute Gasteiger partial charge is 0.407 e.